The summed E-state index contributed by atoms with van der Waals surface area (Å²) in [5.74, 6) is 0.418. The zero-order valence-electron chi connectivity index (χ0n) is 11.1. The highest BCUT2D eigenvalue weighted by Gasteiger charge is 2.29. The first-order valence-electron chi connectivity index (χ1n) is 6.51. The fourth-order valence-electron chi connectivity index (χ4n) is 2.74. The average Bonchev–Trinajstić information content (AvgIpc) is 2.74. The van der Waals surface area contributed by atoms with E-state index in [1.165, 1.54) is 10.5 Å². The number of rotatable bonds is 2. The number of benzene rings is 2. The molecule has 2 heteroatoms. The van der Waals surface area contributed by atoms with Crippen molar-refractivity contribution >= 4 is 17.5 Å². The van der Waals surface area contributed by atoms with Gasteiger partial charge in [-0.25, -0.2) is 0 Å². The maximum atomic E-state index is 12.3. The van der Waals surface area contributed by atoms with Crippen molar-refractivity contribution in [1.82, 2.24) is 0 Å². The van der Waals surface area contributed by atoms with Crippen LogP contribution >= 0.6 is 11.8 Å². The number of fused-ring (bicyclic) bond motifs is 1. The van der Waals surface area contributed by atoms with Crippen LogP contribution in [-0.4, -0.2) is 12.0 Å². The van der Waals surface area contributed by atoms with Gasteiger partial charge in [-0.2, -0.15) is 0 Å². The van der Waals surface area contributed by atoms with Gasteiger partial charge in [-0.15, -0.1) is 11.8 Å². The lowest BCUT2D eigenvalue weighted by Gasteiger charge is -2.08. The van der Waals surface area contributed by atoms with Gasteiger partial charge in [0.15, 0.2) is 5.78 Å². The molecule has 1 nitrogen and oxygen atoms in total. The Morgan fingerprint density at radius 3 is 2.53 bits per heavy atom. The second kappa shape index (κ2) is 4.86. The molecule has 0 radical (unpaired) electrons. The third-order valence-corrected chi connectivity index (χ3v) is 4.52. The molecule has 1 atom stereocenters. The standard InChI is InChI=1S/C17H16OS/c1-11-10-13-4-3-5-15(16(13)17(11)18)12-6-8-14(19-2)9-7-12/h3-9,11H,10H2,1-2H3. The lowest BCUT2D eigenvalue weighted by molar-refractivity contribution is 0.0947. The molecule has 2 aromatic carbocycles. The van der Waals surface area contributed by atoms with Crippen LogP contribution in [0.1, 0.15) is 22.8 Å². The summed E-state index contributed by atoms with van der Waals surface area (Å²) < 4.78 is 0. The topological polar surface area (TPSA) is 17.1 Å². The van der Waals surface area contributed by atoms with Crippen LogP contribution in [0.2, 0.25) is 0 Å². The van der Waals surface area contributed by atoms with E-state index in [4.69, 9.17) is 0 Å². The van der Waals surface area contributed by atoms with E-state index in [9.17, 15) is 4.79 Å². The van der Waals surface area contributed by atoms with E-state index in [-0.39, 0.29) is 5.92 Å². The highest BCUT2D eigenvalue weighted by Crippen LogP contribution is 2.35. The Morgan fingerprint density at radius 2 is 1.84 bits per heavy atom. The van der Waals surface area contributed by atoms with Crippen molar-refractivity contribution in [1.29, 1.82) is 0 Å². The summed E-state index contributed by atoms with van der Waals surface area (Å²) in [5.41, 5.74) is 4.35. The number of thioether (sulfide) groups is 1. The van der Waals surface area contributed by atoms with Crippen molar-refractivity contribution in [2.75, 3.05) is 6.26 Å². The average molecular weight is 268 g/mol. The summed E-state index contributed by atoms with van der Waals surface area (Å²) in [6.07, 6.45) is 2.95. The molecule has 0 fully saturated rings. The Balaban J connectivity index is 2.11. The third kappa shape index (κ3) is 2.10. The molecular weight excluding hydrogens is 252 g/mol. The van der Waals surface area contributed by atoms with Crippen LogP contribution in [0, 0.1) is 5.92 Å². The highest BCUT2D eigenvalue weighted by molar-refractivity contribution is 7.98. The van der Waals surface area contributed by atoms with Crippen molar-refractivity contribution in [2.45, 2.75) is 18.2 Å². The maximum Gasteiger partial charge on any atom is 0.166 e. The lowest BCUT2D eigenvalue weighted by atomic mass is 9.96. The summed E-state index contributed by atoms with van der Waals surface area (Å²) in [4.78, 5) is 13.6. The fraction of sp³-hybridized carbons (Fsp3) is 0.235. The second-order valence-corrected chi connectivity index (χ2v) is 5.92. The summed E-state index contributed by atoms with van der Waals surface area (Å²) >= 11 is 1.73. The predicted molar refractivity (Wildman–Crippen MR) is 80.9 cm³/mol. The molecule has 0 spiro atoms. The van der Waals surface area contributed by atoms with Crippen molar-refractivity contribution in [3.05, 3.63) is 53.6 Å². The van der Waals surface area contributed by atoms with Crippen LogP contribution in [0.4, 0.5) is 0 Å². The first kappa shape index (κ1) is 12.5. The van der Waals surface area contributed by atoms with E-state index in [0.29, 0.717) is 5.78 Å². The van der Waals surface area contributed by atoms with E-state index in [0.717, 1.165) is 23.1 Å². The normalized spacial score (nSPS) is 17.6. The fourth-order valence-corrected chi connectivity index (χ4v) is 3.15. The van der Waals surface area contributed by atoms with E-state index in [1.54, 1.807) is 11.8 Å². The van der Waals surface area contributed by atoms with Gasteiger partial charge in [0.1, 0.15) is 0 Å². The quantitative estimate of drug-likeness (QED) is 0.748. The molecule has 0 saturated heterocycles. The Hall–Kier alpha value is -1.54. The molecule has 0 aliphatic heterocycles. The lowest BCUT2D eigenvalue weighted by Crippen LogP contribution is -2.04. The molecule has 3 rings (SSSR count). The summed E-state index contributed by atoms with van der Waals surface area (Å²) in [7, 11) is 0. The first-order chi connectivity index (χ1) is 9.20. The third-order valence-electron chi connectivity index (χ3n) is 3.77. The number of Topliss-reactive ketones (excluding diaryl/α,β-unsaturated/α-hetero) is 1. The monoisotopic (exact) mass is 268 g/mol. The number of hydrogen-bond acceptors (Lipinski definition) is 2. The Kier molecular flexibility index (Phi) is 3.19. The summed E-state index contributed by atoms with van der Waals surface area (Å²) in [6.45, 7) is 2.02. The molecule has 1 unspecified atom stereocenters. The zero-order chi connectivity index (χ0) is 13.4. The Morgan fingerprint density at radius 1 is 1.11 bits per heavy atom. The Bertz CT molecular complexity index is 628. The van der Waals surface area contributed by atoms with E-state index < -0.39 is 0 Å². The van der Waals surface area contributed by atoms with Gasteiger partial charge < -0.3 is 0 Å². The molecule has 0 heterocycles. The van der Waals surface area contributed by atoms with Crippen molar-refractivity contribution in [3.63, 3.8) is 0 Å². The number of carbonyl (C=O) groups is 1. The summed E-state index contributed by atoms with van der Waals surface area (Å²) in [6, 6.07) is 14.6. The number of hydrogen-bond donors (Lipinski definition) is 0. The minimum absolute atomic E-state index is 0.127. The van der Waals surface area contributed by atoms with Crippen LogP contribution < -0.4 is 0 Å². The van der Waals surface area contributed by atoms with E-state index in [2.05, 4.69) is 48.7 Å². The SMILES string of the molecule is CSc1ccc(-c2cccc3c2C(=O)C(C)C3)cc1. The van der Waals surface area contributed by atoms with Gasteiger partial charge in [-0.1, -0.05) is 37.3 Å². The molecule has 0 bridgehead atoms. The van der Waals surface area contributed by atoms with Gasteiger partial charge in [0.05, 0.1) is 0 Å². The van der Waals surface area contributed by atoms with Crippen LogP contribution in [0.5, 0.6) is 0 Å². The Labute approximate surface area is 118 Å². The second-order valence-electron chi connectivity index (χ2n) is 5.04. The summed E-state index contributed by atoms with van der Waals surface area (Å²) in [5, 5.41) is 0. The van der Waals surface area contributed by atoms with Crippen molar-refractivity contribution in [3.8, 4) is 11.1 Å². The van der Waals surface area contributed by atoms with Crippen LogP contribution in [0.15, 0.2) is 47.4 Å². The minimum atomic E-state index is 0.127. The van der Waals surface area contributed by atoms with Gasteiger partial charge >= 0.3 is 0 Å². The first-order valence-corrected chi connectivity index (χ1v) is 7.73. The van der Waals surface area contributed by atoms with Crippen molar-refractivity contribution in [2.24, 2.45) is 5.92 Å². The highest BCUT2D eigenvalue weighted by atomic mass is 32.2. The predicted octanol–water partition coefficient (Wildman–Crippen LogP) is 4.45. The minimum Gasteiger partial charge on any atom is -0.294 e. The molecule has 0 N–H and O–H groups in total. The van der Waals surface area contributed by atoms with Gasteiger partial charge in [-0.3, -0.25) is 4.79 Å². The molecule has 1 aliphatic rings. The van der Waals surface area contributed by atoms with Crippen LogP contribution in [0.25, 0.3) is 11.1 Å². The molecule has 96 valence electrons. The largest absolute Gasteiger partial charge is 0.294 e. The molecule has 0 saturated carbocycles. The zero-order valence-corrected chi connectivity index (χ0v) is 12.0. The molecule has 0 aromatic heterocycles. The molecule has 1 aliphatic carbocycles. The van der Waals surface area contributed by atoms with Gasteiger partial charge in [0.25, 0.3) is 0 Å². The molecule has 0 amide bonds. The molecular formula is C17H16OS. The van der Waals surface area contributed by atoms with Crippen molar-refractivity contribution < 1.29 is 4.79 Å². The van der Waals surface area contributed by atoms with Gasteiger partial charge in [0, 0.05) is 16.4 Å². The van der Waals surface area contributed by atoms with E-state index in [1.807, 2.05) is 6.92 Å². The maximum absolute atomic E-state index is 12.3. The van der Waals surface area contributed by atoms with Gasteiger partial charge in [-0.05, 0) is 41.5 Å². The van der Waals surface area contributed by atoms with Gasteiger partial charge in [0.2, 0.25) is 0 Å². The molecule has 19 heavy (non-hydrogen) atoms. The number of ketones is 1. The van der Waals surface area contributed by atoms with Crippen LogP contribution in [0.3, 0.4) is 0 Å². The molecule has 2 aromatic rings. The smallest absolute Gasteiger partial charge is 0.166 e. The van der Waals surface area contributed by atoms with Crippen LogP contribution in [-0.2, 0) is 6.42 Å². The van der Waals surface area contributed by atoms with E-state index >= 15 is 0 Å². The number of carbonyl (C=O) groups excluding carboxylic acids is 1.